The number of carbonyl (C=O) groups is 1. The van der Waals surface area contributed by atoms with E-state index in [0.717, 1.165) is 24.2 Å². The fourth-order valence-electron chi connectivity index (χ4n) is 2.70. The molecule has 25 heavy (non-hydrogen) atoms. The van der Waals surface area contributed by atoms with Crippen molar-refractivity contribution < 1.29 is 9.32 Å². The Balaban J connectivity index is 1.50. The molecule has 2 N–H and O–H groups in total. The molecule has 1 aromatic carbocycles. The number of nitrogens with zero attached hydrogens (tertiary/aromatic N) is 4. The van der Waals surface area contributed by atoms with Gasteiger partial charge in [0, 0.05) is 39.2 Å². The summed E-state index contributed by atoms with van der Waals surface area (Å²) >= 11 is 0. The van der Waals surface area contributed by atoms with Crippen molar-refractivity contribution in [3.05, 3.63) is 41.5 Å². The summed E-state index contributed by atoms with van der Waals surface area (Å²) < 4.78 is 4.93. The lowest BCUT2D eigenvalue weighted by Crippen LogP contribution is -2.36. The first-order chi connectivity index (χ1) is 12.2. The number of hydrogen-bond acceptors (Lipinski definition) is 5. The molecular weight excluding hydrogens is 320 g/mol. The standard InChI is InChI=1S/C17H22N6O2/c1-12-21-15(22-25-12)11-20-17(18-2)19-10-13-5-7-14(8-6-13)23-9-3-4-16(23)24/h5-8H,3-4,9-11H2,1-2H3,(H2,18,19,20). The van der Waals surface area contributed by atoms with Gasteiger partial charge in [-0.05, 0) is 24.1 Å². The normalized spacial score (nSPS) is 14.9. The smallest absolute Gasteiger partial charge is 0.227 e. The number of carbonyl (C=O) groups excluding carboxylic acids is 1. The molecule has 132 valence electrons. The van der Waals surface area contributed by atoms with E-state index in [0.29, 0.717) is 37.2 Å². The summed E-state index contributed by atoms with van der Waals surface area (Å²) in [6.07, 6.45) is 1.58. The Bertz CT molecular complexity index is 753. The van der Waals surface area contributed by atoms with Gasteiger partial charge >= 0.3 is 0 Å². The molecule has 1 saturated heterocycles. The molecule has 1 amide bonds. The van der Waals surface area contributed by atoms with Crippen LogP contribution in [-0.4, -0.2) is 35.6 Å². The molecule has 1 aliphatic heterocycles. The Labute approximate surface area is 146 Å². The number of aryl methyl sites for hydroxylation is 1. The van der Waals surface area contributed by atoms with Crippen LogP contribution in [0.5, 0.6) is 0 Å². The first-order valence-electron chi connectivity index (χ1n) is 8.29. The minimum absolute atomic E-state index is 0.201. The minimum atomic E-state index is 0.201. The zero-order valence-electron chi connectivity index (χ0n) is 14.5. The number of hydrogen-bond donors (Lipinski definition) is 2. The van der Waals surface area contributed by atoms with E-state index in [4.69, 9.17) is 4.52 Å². The highest BCUT2D eigenvalue weighted by atomic mass is 16.5. The van der Waals surface area contributed by atoms with Crippen LogP contribution in [-0.2, 0) is 17.9 Å². The van der Waals surface area contributed by atoms with Gasteiger partial charge in [-0.1, -0.05) is 17.3 Å². The van der Waals surface area contributed by atoms with Gasteiger partial charge in [-0.25, -0.2) is 0 Å². The fourth-order valence-corrected chi connectivity index (χ4v) is 2.70. The first-order valence-corrected chi connectivity index (χ1v) is 8.29. The average Bonchev–Trinajstić information content (AvgIpc) is 3.24. The molecule has 8 heteroatoms. The van der Waals surface area contributed by atoms with Gasteiger partial charge in [-0.3, -0.25) is 9.79 Å². The lowest BCUT2D eigenvalue weighted by atomic mass is 10.2. The predicted molar refractivity (Wildman–Crippen MR) is 94.1 cm³/mol. The van der Waals surface area contributed by atoms with E-state index in [1.165, 1.54) is 0 Å². The molecule has 0 aliphatic carbocycles. The van der Waals surface area contributed by atoms with Crippen molar-refractivity contribution in [2.24, 2.45) is 4.99 Å². The van der Waals surface area contributed by atoms with Gasteiger partial charge in [0.25, 0.3) is 0 Å². The van der Waals surface area contributed by atoms with Gasteiger partial charge in [-0.2, -0.15) is 4.98 Å². The molecule has 0 saturated carbocycles. The van der Waals surface area contributed by atoms with Gasteiger partial charge in [-0.15, -0.1) is 0 Å². The summed E-state index contributed by atoms with van der Waals surface area (Å²) in [5.41, 5.74) is 2.06. The molecule has 0 unspecified atom stereocenters. The van der Waals surface area contributed by atoms with E-state index in [9.17, 15) is 4.79 Å². The van der Waals surface area contributed by atoms with E-state index in [1.54, 1.807) is 14.0 Å². The SMILES string of the molecule is CN=C(NCc1ccc(N2CCCC2=O)cc1)NCc1noc(C)n1. The lowest BCUT2D eigenvalue weighted by Gasteiger charge is -2.16. The van der Waals surface area contributed by atoms with Gasteiger partial charge in [0.1, 0.15) is 0 Å². The Kier molecular flexibility index (Phi) is 5.27. The fraction of sp³-hybridized carbons (Fsp3) is 0.412. The molecule has 2 aromatic rings. The monoisotopic (exact) mass is 342 g/mol. The van der Waals surface area contributed by atoms with Crippen molar-refractivity contribution in [3.63, 3.8) is 0 Å². The predicted octanol–water partition coefficient (Wildman–Crippen LogP) is 1.37. The quantitative estimate of drug-likeness (QED) is 0.629. The Morgan fingerprint density at radius 3 is 2.64 bits per heavy atom. The highest BCUT2D eigenvalue weighted by Gasteiger charge is 2.21. The molecule has 0 atom stereocenters. The van der Waals surface area contributed by atoms with Crippen LogP contribution in [0.1, 0.15) is 30.1 Å². The minimum Gasteiger partial charge on any atom is -0.352 e. The largest absolute Gasteiger partial charge is 0.352 e. The van der Waals surface area contributed by atoms with Crippen molar-refractivity contribution in [2.45, 2.75) is 32.9 Å². The number of aliphatic imine (C=N–C) groups is 1. The van der Waals surface area contributed by atoms with E-state index >= 15 is 0 Å². The van der Waals surface area contributed by atoms with Crippen molar-refractivity contribution in [2.75, 3.05) is 18.5 Å². The van der Waals surface area contributed by atoms with Crippen molar-refractivity contribution in [3.8, 4) is 0 Å². The molecular formula is C17H22N6O2. The molecule has 0 bridgehead atoms. The summed E-state index contributed by atoms with van der Waals surface area (Å²) in [5, 5.41) is 10.2. The zero-order chi connectivity index (χ0) is 17.6. The lowest BCUT2D eigenvalue weighted by molar-refractivity contribution is -0.117. The summed E-state index contributed by atoms with van der Waals surface area (Å²) in [6, 6.07) is 8.00. The van der Waals surface area contributed by atoms with Gasteiger partial charge < -0.3 is 20.1 Å². The maximum Gasteiger partial charge on any atom is 0.227 e. The number of benzene rings is 1. The van der Waals surface area contributed by atoms with Crippen LogP contribution in [0.2, 0.25) is 0 Å². The second-order valence-corrected chi connectivity index (χ2v) is 5.82. The highest BCUT2D eigenvalue weighted by Crippen LogP contribution is 2.21. The summed E-state index contributed by atoms with van der Waals surface area (Å²) in [4.78, 5) is 21.9. The van der Waals surface area contributed by atoms with Crippen LogP contribution in [0, 0.1) is 6.92 Å². The number of guanidine groups is 1. The Morgan fingerprint density at radius 2 is 2.04 bits per heavy atom. The van der Waals surface area contributed by atoms with Crippen LogP contribution in [0.4, 0.5) is 5.69 Å². The number of rotatable bonds is 5. The van der Waals surface area contributed by atoms with Crippen LogP contribution in [0.3, 0.4) is 0 Å². The maximum absolute atomic E-state index is 11.8. The van der Waals surface area contributed by atoms with Crippen LogP contribution in [0.25, 0.3) is 0 Å². The molecule has 2 heterocycles. The van der Waals surface area contributed by atoms with Crippen molar-refractivity contribution >= 4 is 17.6 Å². The first kappa shape index (κ1) is 16.9. The van der Waals surface area contributed by atoms with E-state index in [1.807, 2.05) is 29.2 Å². The number of amides is 1. The van der Waals surface area contributed by atoms with E-state index < -0.39 is 0 Å². The van der Waals surface area contributed by atoms with Gasteiger partial charge in [0.2, 0.25) is 11.8 Å². The summed E-state index contributed by atoms with van der Waals surface area (Å²) in [7, 11) is 1.71. The molecule has 3 rings (SSSR count). The van der Waals surface area contributed by atoms with E-state index in [2.05, 4.69) is 25.8 Å². The van der Waals surface area contributed by atoms with Crippen LogP contribution >= 0.6 is 0 Å². The second-order valence-electron chi connectivity index (χ2n) is 5.82. The van der Waals surface area contributed by atoms with Crippen LogP contribution in [0.15, 0.2) is 33.8 Å². The van der Waals surface area contributed by atoms with Crippen LogP contribution < -0.4 is 15.5 Å². The number of nitrogens with one attached hydrogen (secondary N) is 2. The van der Waals surface area contributed by atoms with E-state index in [-0.39, 0.29) is 5.91 Å². The zero-order valence-corrected chi connectivity index (χ0v) is 14.5. The molecule has 1 fully saturated rings. The average molecular weight is 342 g/mol. The molecule has 0 radical (unpaired) electrons. The summed E-state index contributed by atoms with van der Waals surface area (Å²) in [6.45, 7) is 3.62. The molecule has 1 aromatic heterocycles. The second kappa shape index (κ2) is 7.78. The maximum atomic E-state index is 11.8. The number of aromatic nitrogens is 2. The van der Waals surface area contributed by atoms with Crippen molar-refractivity contribution in [1.29, 1.82) is 0 Å². The highest BCUT2D eigenvalue weighted by molar-refractivity contribution is 5.95. The molecule has 8 nitrogen and oxygen atoms in total. The van der Waals surface area contributed by atoms with Crippen molar-refractivity contribution in [1.82, 2.24) is 20.8 Å². The molecule has 0 spiro atoms. The molecule has 1 aliphatic rings. The third-order valence-electron chi connectivity index (χ3n) is 3.99. The number of anilines is 1. The Hall–Kier alpha value is -2.90. The third kappa shape index (κ3) is 4.34. The Morgan fingerprint density at radius 1 is 1.28 bits per heavy atom. The van der Waals surface area contributed by atoms with Gasteiger partial charge in [0.15, 0.2) is 11.8 Å². The summed E-state index contributed by atoms with van der Waals surface area (Å²) in [5.74, 6) is 1.98. The topological polar surface area (TPSA) is 95.7 Å². The third-order valence-corrected chi connectivity index (χ3v) is 3.99. The van der Waals surface area contributed by atoms with Gasteiger partial charge in [0.05, 0.1) is 6.54 Å².